The minimum atomic E-state index is -0.104. The Labute approximate surface area is 143 Å². The standard InChI is InChI=1S/C21H26O3/c1-12(23)17-10-18-13(9-14(17)11-22)3-4-16-15(18)7-8-21(2)19(16)5-6-20(21)24/h9-10,15-16,19,22H,3-8,11H2,1-2H3/t15?,16?,19?,21-/m0/s1. The van der Waals surface area contributed by atoms with E-state index < -0.39 is 0 Å². The number of hydrogen-bond donors (Lipinski definition) is 1. The van der Waals surface area contributed by atoms with Crippen molar-refractivity contribution in [1.29, 1.82) is 0 Å². The van der Waals surface area contributed by atoms with Gasteiger partial charge in [-0.2, -0.15) is 0 Å². The first-order valence-corrected chi connectivity index (χ1v) is 9.26. The van der Waals surface area contributed by atoms with Crippen LogP contribution < -0.4 is 0 Å². The van der Waals surface area contributed by atoms with Crippen LogP contribution in [0.4, 0.5) is 0 Å². The summed E-state index contributed by atoms with van der Waals surface area (Å²) in [5.74, 6) is 2.05. The second-order valence-corrected chi connectivity index (χ2v) is 8.26. The SMILES string of the molecule is CC(=O)c1cc2c(cc1CO)CCC1C2CC[C@]2(C)C(=O)CCC12. The van der Waals surface area contributed by atoms with Gasteiger partial charge in [0.15, 0.2) is 5.78 Å². The van der Waals surface area contributed by atoms with Gasteiger partial charge in [0.05, 0.1) is 6.61 Å². The highest BCUT2D eigenvalue weighted by Crippen LogP contribution is 2.59. The van der Waals surface area contributed by atoms with Crippen LogP contribution in [0, 0.1) is 17.3 Å². The average Bonchev–Trinajstić information content (AvgIpc) is 2.88. The van der Waals surface area contributed by atoms with Gasteiger partial charge in [-0.25, -0.2) is 0 Å². The lowest BCUT2D eigenvalue weighted by Crippen LogP contribution is -2.42. The van der Waals surface area contributed by atoms with Crippen molar-refractivity contribution in [2.45, 2.75) is 64.9 Å². The lowest BCUT2D eigenvalue weighted by molar-refractivity contribution is -0.129. The van der Waals surface area contributed by atoms with Gasteiger partial charge in [0.1, 0.15) is 5.78 Å². The van der Waals surface area contributed by atoms with Gasteiger partial charge in [-0.15, -0.1) is 0 Å². The first kappa shape index (κ1) is 16.0. The molecule has 0 aromatic heterocycles. The molecule has 0 amide bonds. The third kappa shape index (κ3) is 2.13. The molecule has 3 unspecified atom stereocenters. The number of carbonyl (C=O) groups excluding carboxylic acids is 2. The number of carbonyl (C=O) groups is 2. The molecule has 0 bridgehead atoms. The van der Waals surface area contributed by atoms with Gasteiger partial charge >= 0.3 is 0 Å². The summed E-state index contributed by atoms with van der Waals surface area (Å²) in [7, 11) is 0. The summed E-state index contributed by atoms with van der Waals surface area (Å²) in [5.41, 5.74) is 3.95. The molecule has 1 N–H and O–H groups in total. The van der Waals surface area contributed by atoms with Crippen molar-refractivity contribution in [3.8, 4) is 0 Å². The minimum absolute atomic E-state index is 0.0284. The highest BCUT2D eigenvalue weighted by Gasteiger charge is 2.54. The quantitative estimate of drug-likeness (QED) is 0.841. The Morgan fingerprint density at radius 1 is 1.25 bits per heavy atom. The summed E-state index contributed by atoms with van der Waals surface area (Å²) in [6.07, 6.45) is 5.96. The van der Waals surface area contributed by atoms with Crippen LogP contribution in [0.15, 0.2) is 12.1 Å². The average molecular weight is 326 g/mol. The maximum atomic E-state index is 12.4. The molecular formula is C21H26O3. The van der Waals surface area contributed by atoms with Crippen molar-refractivity contribution >= 4 is 11.6 Å². The van der Waals surface area contributed by atoms with Gasteiger partial charge in [-0.05, 0) is 79.5 Å². The number of aryl methyl sites for hydroxylation is 1. The molecule has 3 aliphatic rings. The molecule has 0 aliphatic heterocycles. The summed E-state index contributed by atoms with van der Waals surface area (Å²) in [6.45, 7) is 3.69. The molecule has 2 saturated carbocycles. The van der Waals surface area contributed by atoms with Gasteiger partial charge in [-0.1, -0.05) is 13.0 Å². The zero-order chi connectivity index (χ0) is 17.1. The second kappa shape index (κ2) is 5.52. The summed E-state index contributed by atoms with van der Waals surface area (Å²) >= 11 is 0. The highest BCUT2D eigenvalue weighted by atomic mass is 16.3. The van der Waals surface area contributed by atoms with E-state index in [4.69, 9.17) is 0 Å². The summed E-state index contributed by atoms with van der Waals surface area (Å²) in [6, 6.07) is 4.11. The Kier molecular flexibility index (Phi) is 3.68. The largest absolute Gasteiger partial charge is 0.392 e. The lowest BCUT2D eigenvalue weighted by Gasteiger charge is -2.48. The number of fused-ring (bicyclic) bond motifs is 5. The van der Waals surface area contributed by atoms with Crippen molar-refractivity contribution in [2.75, 3.05) is 0 Å². The molecule has 24 heavy (non-hydrogen) atoms. The number of Topliss-reactive ketones (excluding diaryl/α,β-unsaturated/α-hetero) is 2. The first-order chi connectivity index (χ1) is 11.5. The number of ketones is 2. The number of hydrogen-bond acceptors (Lipinski definition) is 3. The number of aliphatic hydroxyl groups is 1. The number of benzene rings is 1. The van der Waals surface area contributed by atoms with Crippen LogP contribution in [0.3, 0.4) is 0 Å². The molecule has 0 heterocycles. The summed E-state index contributed by atoms with van der Waals surface area (Å²) < 4.78 is 0. The minimum Gasteiger partial charge on any atom is -0.392 e. The van der Waals surface area contributed by atoms with E-state index in [1.807, 2.05) is 0 Å². The van der Waals surface area contributed by atoms with Crippen LogP contribution >= 0.6 is 0 Å². The van der Waals surface area contributed by atoms with Crippen LogP contribution in [-0.4, -0.2) is 16.7 Å². The van der Waals surface area contributed by atoms with E-state index in [-0.39, 0.29) is 17.8 Å². The zero-order valence-electron chi connectivity index (χ0n) is 14.6. The van der Waals surface area contributed by atoms with E-state index in [9.17, 15) is 14.7 Å². The molecule has 3 aliphatic carbocycles. The fourth-order valence-electron chi connectivity index (χ4n) is 5.90. The molecule has 0 saturated heterocycles. The summed E-state index contributed by atoms with van der Waals surface area (Å²) in [4.78, 5) is 24.4. The van der Waals surface area contributed by atoms with E-state index in [2.05, 4.69) is 19.1 Å². The Morgan fingerprint density at radius 3 is 2.75 bits per heavy atom. The molecule has 128 valence electrons. The topological polar surface area (TPSA) is 54.4 Å². The van der Waals surface area contributed by atoms with Crippen LogP contribution in [0.1, 0.15) is 78.9 Å². The Hall–Kier alpha value is -1.48. The maximum Gasteiger partial charge on any atom is 0.160 e. The van der Waals surface area contributed by atoms with Gasteiger partial charge < -0.3 is 5.11 Å². The monoisotopic (exact) mass is 326 g/mol. The number of aliphatic hydroxyl groups excluding tert-OH is 1. The van der Waals surface area contributed by atoms with Crippen LogP contribution in [-0.2, 0) is 17.8 Å². The Balaban J connectivity index is 1.76. The predicted molar refractivity (Wildman–Crippen MR) is 92.0 cm³/mol. The van der Waals surface area contributed by atoms with Crippen molar-refractivity contribution in [2.24, 2.45) is 17.3 Å². The molecule has 0 radical (unpaired) electrons. The molecule has 4 atom stereocenters. The van der Waals surface area contributed by atoms with E-state index >= 15 is 0 Å². The molecule has 1 aromatic rings. The van der Waals surface area contributed by atoms with Crippen LogP contribution in [0.2, 0.25) is 0 Å². The predicted octanol–water partition coefficient (Wildman–Crippen LogP) is 3.81. The number of rotatable bonds is 2. The third-order valence-corrected chi connectivity index (χ3v) is 7.21. The third-order valence-electron chi connectivity index (χ3n) is 7.21. The van der Waals surface area contributed by atoms with Crippen molar-refractivity contribution in [3.05, 3.63) is 34.4 Å². The normalized spacial score (nSPS) is 34.5. The molecule has 3 heteroatoms. The van der Waals surface area contributed by atoms with Crippen LogP contribution in [0.5, 0.6) is 0 Å². The molecular weight excluding hydrogens is 300 g/mol. The molecule has 2 fully saturated rings. The zero-order valence-corrected chi connectivity index (χ0v) is 14.6. The fourth-order valence-corrected chi connectivity index (χ4v) is 5.90. The molecule has 4 rings (SSSR count). The molecule has 0 spiro atoms. The molecule has 1 aromatic carbocycles. The van der Waals surface area contributed by atoms with E-state index in [1.165, 1.54) is 11.1 Å². The first-order valence-electron chi connectivity index (χ1n) is 9.26. The van der Waals surface area contributed by atoms with Gasteiger partial charge in [0.2, 0.25) is 0 Å². The van der Waals surface area contributed by atoms with Gasteiger partial charge in [0.25, 0.3) is 0 Å². The fraction of sp³-hybridized carbons (Fsp3) is 0.619. The van der Waals surface area contributed by atoms with Crippen molar-refractivity contribution in [3.63, 3.8) is 0 Å². The maximum absolute atomic E-state index is 12.4. The second-order valence-electron chi connectivity index (χ2n) is 8.26. The lowest BCUT2D eigenvalue weighted by atomic mass is 9.55. The smallest absolute Gasteiger partial charge is 0.160 e. The molecule has 3 nitrogen and oxygen atoms in total. The van der Waals surface area contributed by atoms with E-state index in [1.54, 1.807) is 6.92 Å². The van der Waals surface area contributed by atoms with Gasteiger partial charge in [0, 0.05) is 17.4 Å². The van der Waals surface area contributed by atoms with E-state index in [0.717, 1.165) is 44.1 Å². The Morgan fingerprint density at radius 2 is 2.04 bits per heavy atom. The van der Waals surface area contributed by atoms with Crippen molar-refractivity contribution in [1.82, 2.24) is 0 Å². The van der Waals surface area contributed by atoms with Crippen molar-refractivity contribution < 1.29 is 14.7 Å². The van der Waals surface area contributed by atoms with E-state index in [0.29, 0.717) is 29.1 Å². The highest BCUT2D eigenvalue weighted by molar-refractivity contribution is 5.96. The summed E-state index contributed by atoms with van der Waals surface area (Å²) in [5, 5.41) is 9.60. The Bertz CT molecular complexity index is 720. The van der Waals surface area contributed by atoms with Crippen LogP contribution in [0.25, 0.3) is 0 Å². The van der Waals surface area contributed by atoms with Gasteiger partial charge in [-0.3, -0.25) is 9.59 Å².